The first-order chi connectivity index (χ1) is 9.25. The molecule has 1 aliphatic rings. The van der Waals surface area contributed by atoms with Crippen molar-refractivity contribution in [1.82, 2.24) is 0 Å². The number of benzene rings is 2. The number of hydrogen-bond acceptors (Lipinski definition) is 3. The zero-order valence-corrected chi connectivity index (χ0v) is 11.0. The van der Waals surface area contributed by atoms with Crippen LogP contribution in [-0.4, -0.2) is 16.6 Å². The van der Waals surface area contributed by atoms with E-state index in [0.29, 0.717) is 29.2 Å². The highest BCUT2D eigenvalue weighted by molar-refractivity contribution is 7.85. The third kappa shape index (κ3) is 2.31. The van der Waals surface area contributed by atoms with Crippen molar-refractivity contribution in [3.05, 3.63) is 54.1 Å². The highest BCUT2D eigenvalue weighted by Crippen LogP contribution is 2.28. The summed E-state index contributed by atoms with van der Waals surface area (Å²) in [6.45, 7) is 0.396. The SMILES string of the molecule is O=C1CCOc2cc(S(=O)c3ccccc3)ccc21. The third-order valence-corrected chi connectivity index (χ3v) is 4.39. The van der Waals surface area contributed by atoms with Gasteiger partial charge in [-0.05, 0) is 30.3 Å². The van der Waals surface area contributed by atoms with Gasteiger partial charge in [0.2, 0.25) is 0 Å². The lowest BCUT2D eigenvalue weighted by molar-refractivity contribution is 0.0933. The molecule has 4 heteroatoms. The second-order valence-electron chi connectivity index (χ2n) is 4.26. The molecule has 2 aromatic rings. The van der Waals surface area contributed by atoms with E-state index in [1.54, 1.807) is 18.2 Å². The Morgan fingerprint density at radius 3 is 2.58 bits per heavy atom. The first-order valence-electron chi connectivity index (χ1n) is 6.02. The summed E-state index contributed by atoms with van der Waals surface area (Å²) in [6, 6.07) is 14.4. The van der Waals surface area contributed by atoms with Crippen LogP contribution in [0.5, 0.6) is 5.75 Å². The van der Waals surface area contributed by atoms with Gasteiger partial charge in [0.05, 0.1) is 23.0 Å². The van der Waals surface area contributed by atoms with Crippen molar-refractivity contribution in [3.8, 4) is 5.75 Å². The Labute approximate surface area is 113 Å². The van der Waals surface area contributed by atoms with Crippen molar-refractivity contribution < 1.29 is 13.7 Å². The number of Topliss-reactive ketones (excluding diaryl/α,β-unsaturated/α-hetero) is 1. The summed E-state index contributed by atoms with van der Waals surface area (Å²) in [5.41, 5.74) is 0.583. The molecule has 0 saturated heterocycles. The van der Waals surface area contributed by atoms with Crippen LogP contribution in [0.3, 0.4) is 0 Å². The van der Waals surface area contributed by atoms with E-state index in [-0.39, 0.29) is 5.78 Å². The van der Waals surface area contributed by atoms with Crippen molar-refractivity contribution >= 4 is 16.6 Å². The van der Waals surface area contributed by atoms with Crippen LogP contribution in [-0.2, 0) is 10.8 Å². The molecule has 0 aliphatic carbocycles. The average Bonchev–Trinajstić information content (AvgIpc) is 2.47. The van der Waals surface area contributed by atoms with E-state index in [4.69, 9.17) is 4.74 Å². The lowest BCUT2D eigenvalue weighted by Crippen LogP contribution is -2.15. The number of ketones is 1. The maximum absolute atomic E-state index is 12.4. The first kappa shape index (κ1) is 12.1. The van der Waals surface area contributed by atoms with Crippen LogP contribution in [0.25, 0.3) is 0 Å². The molecule has 0 radical (unpaired) electrons. The maximum Gasteiger partial charge on any atom is 0.169 e. The Bertz CT molecular complexity index is 650. The third-order valence-electron chi connectivity index (χ3n) is 3.01. The monoisotopic (exact) mass is 272 g/mol. The molecule has 19 heavy (non-hydrogen) atoms. The predicted octanol–water partition coefficient (Wildman–Crippen LogP) is 2.82. The van der Waals surface area contributed by atoms with Gasteiger partial charge in [-0.1, -0.05) is 18.2 Å². The number of hydrogen-bond donors (Lipinski definition) is 0. The van der Waals surface area contributed by atoms with Gasteiger partial charge in [-0.3, -0.25) is 4.79 Å². The summed E-state index contributed by atoms with van der Waals surface area (Å²) < 4.78 is 17.8. The fraction of sp³-hybridized carbons (Fsp3) is 0.133. The van der Waals surface area contributed by atoms with Gasteiger partial charge in [0.25, 0.3) is 0 Å². The molecule has 3 nitrogen and oxygen atoms in total. The molecule has 1 atom stereocenters. The minimum absolute atomic E-state index is 0.0818. The van der Waals surface area contributed by atoms with Gasteiger partial charge in [-0.15, -0.1) is 0 Å². The molecule has 1 unspecified atom stereocenters. The molecular formula is C15H12O3S. The van der Waals surface area contributed by atoms with Gasteiger partial charge in [-0.25, -0.2) is 4.21 Å². The van der Waals surface area contributed by atoms with Crippen LogP contribution in [0.15, 0.2) is 58.3 Å². The largest absolute Gasteiger partial charge is 0.492 e. The zero-order chi connectivity index (χ0) is 13.2. The van der Waals surface area contributed by atoms with Gasteiger partial charge in [0.15, 0.2) is 5.78 Å². The van der Waals surface area contributed by atoms with Crippen molar-refractivity contribution in [2.45, 2.75) is 16.2 Å². The molecule has 0 fully saturated rings. The number of carbonyl (C=O) groups is 1. The Hall–Kier alpha value is -1.94. The second-order valence-corrected chi connectivity index (χ2v) is 5.74. The fourth-order valence-electron chi connectivity index (χ4n) is 2.04. The van der Waals surface area contributed by atoms with Gasteiger partial charge in [-0.2, -0.15) is 0 Å². The molecule has 1 heterocycles. The number of fused-ring (bicyclic) bond motifs is 1. The molecule has 0 amide bonds. The summed E-state index contributed by atoms with van der Waals surface area (Å²) >= 11 is 0. The summed E-state index contributed by atoms with van der Waals surface area (Å²) in [5.74, 6) is 0.622. The quantitative estimate of drug-likeness (QED) is 0.844. The molecule has 0 saturated carbocycles. The minimum Gasteiger partial charge on any atom is -0.492 e. The van der Waals surface area contributed by atoms with E-state index in [1.807, 2.05) is 30.3 Å². The van der Waals surface area contributed by atoms with Crippen LogP contribution in [0, 0.1) is 0 Å². The Kier molecular flexibility index (Phi) is 3.17. The lowest BCUT2D eigenvalue weighted by Gasteiger charge is -2.16. The standard InChI is InChI=1S/C15H12O3S/c16-14-8-9-18-15-10-12(6-7-13(14)15)19(17)11-4-2-1-3-5-11/h1-7,10H,8-9H2. The van der Waals surface area contributed by atoms with E-state index < -0.39 is 10.8 Å². The molecule has 0 spiro atoms. The van der Waals surface area contributed by atoms with Crippen molar-refractivity contribution in [2.24, 2.45) is 0 Å². The molecule has 3 rings (SSSR count). The van der Waals surface area contributed by atoms with Gasteiger partial charge in [0.1, 0.15) is 5.75 Å². The number of carbonyl (C=O) groups excluding carboxylic acids is 1. The van der Waals surface area contributed by atoms with Crippen molar-refractivity contribution in [2.75, 3.05) is 6.61 Å². The smallest absolute Gasteiger partial charge is 0.169 e. The molecular weight excluding hydrogens is 260 g/mol. The summed E-state index contributed by atoms with van der Waals surface area (Å²) in [6.07, 6.45) is 0.411. The number of ether oxygens (including phenoxy) is 1. The van der Waals surface area contributed by atoms with Crippen molar-refractivity contribution in [3.63, 3.8) is 0 Å². The average molecular weight is 272 g/mol. The van der Waals surface area contributed by atoms with E-state index in [9.17, 15) is 9.00 Å². The van der Waals surface area contributed by atoms with E-state index in [1.165, 1.54) is 0 Å². The molecule has 0 N–H and O–H groups in total. The maximum atomic E-state index is 12.4. The van der Waals surface area contributed by atoms with Gasteiger partial charge in [0, 0.05) is 16.2 Å². The first-order valence-corrected chi connectivity index (χ1v) is 7.17. The highest BCUT2D eigenvalue weighted by Gasteiger charge is 2.19. The normalized spacial score (nSPS) is 15.5. The van der Waals surface area contributed by atoms with E-state index in [2.05, 4.69) is 0 Å². The fourth-order valence-corrected chi connectivity index (χ4v) is 3.12. The predicted molar refractivity (Wildman–Crippen MR) is 72.0 cm³/mol. The Balaban J connectivity index is 1.99. The van der Waals surface area contributed by atoms with Crippen LogP contribution in [0.1, 0.15) is 16.8 Å². The molecule has 0 bridgehead atoms. The number of rotatable bonds is 2. The van der Waals surface area contributed by atoms with Crippen molar-refractivity contribution in [1.29, 1.82) is 0 Å². The van der Waals surface area contributed by atoms with Crippen LogP contribution in [0.4, 0.5) is 0 Å². The van der Waals surface area contributed by atoms with E-state index in [0.717, 1.165) is 4.90 Å². The summed E-state index contributed by atoms with van der Waals surface area (Å²) in [5, 5.41) is 0. The van der Waals surface area contributed by atoms with Gasteiger partial charge >= 0.3 is 0 Å². The molecule has 1 aliphatic heterocycles. The highest BCUT2D eigenvalue weighted by atomic mass is 32.2. The van der Waals surface area contributed by atoms with Crippen LogP contribution in [0.2, 0.25) is 0 Å². The van der Waals surface area contributed by atoms with Gasteiger partial charge < -0.3 is 4.74 Å². The Morgan fingerprint density at radius 2 is 1.79 bits per heavy atom. The zero-order valence-electron chi connectivity index (χ0n) is 10.2. The molecule has 2 aromatic carbocycles. The lowest BCUT2D eigenvalue weighted by atomic mass is 10.1. The van der Waals surface area contributed by atoms with Crippen LogP contribution >= 0.6 is 0 Å². The molecule has 96 valence electrons. The van der Waals surface area contributed by atoms with E-state index >= 15 is 0 Å². The summed E-state index contributed by atoms with van der Waals surface area (Å²) in [7, 11) is -1.25. The summed E-state index contributed by atoms with van der Waals surface area (Å²) in [4.78, 5) is 13.1. The Morgan fingerprint density at radius 1 is 1.00 bits per heavy atom. The molecule has 0 aromatic heterocycles. The second kappa shape index (κ2) is 4.97. The topological polar surface area (TPSA) is 43.4 Å². The minimum atomic E-state index is -1.25. The van der Waals surface area contributed by atoms with Crippen LogP contribution < -0.4 is 4.74 Å².